The number of rotatable bonds is 9. The number of hydrogen-bond donors (Lipinski definition) is 0. The van der Waals surface area contributed by atoms with Gasteiger partial charge in [0.15, 0.2) is 0 Å². The second kappa shape index (κ2) is 8.34. The Morgan fingerprint density at radius 2 is 1.82 bits per heavy atom. The van der Waals surface area contributed by atoms with Gasteiger partial charge in [-0.15, -0.1) is 0 Å². The van der Waals surface area contributed by atoms with E-state index in [0.717, 1.165) is 12.8 Å². The Morgan fingerprint density at radius 3 is 2.27 bits per heavy atom. The van der Waals surface area contributed by atoms with Crippen LogP contribution in [0.3, 0.4) is 0 Å². The van der Waals surface area contributed by atoms with Crippen molar-refractivity contribution in [1.82, 2.24) is 4.31 Å². The molecule has 0 bridgehead atoms. The first-order valence-electron chi connectivity index (χ1n) is 7.80. The summed E-state index contributed by atoms with van der Waals surface area (Å²) < 4.78 is 32.7. The summed E-state index contributed by atoms with van der Waals surface area (Å²) in [5, 5.41) is 0. The van der Waals surface area contributed by atoms with Crippen LogP contribution in [0.2, 0.25) is 0 Å². The fourth-order valence-corrected chi connectivity index (χ4v) is 3.87. The predicted molar refractivity (Wildman–Crippen MR) is 91.6 cm³/mol. The van der Waals surface area contributed by atoms with Gasteiger partial charge in [-0.05, 0) is 44.9 Å². The van der Waals surface area contributed by atoms with Crippen molar-refractivity contribution in [3.8, 4) is 5.75 Å². The Labute approximate surface area is 134 Å². The summed E-state index contributed by atoms with van der Waals surface area (Å²) in [6.07, 6.45) is 3.24. The Kier molecular flexibility index (Phi) is 7.10. The summed E-state index contributed by atoms with van der Waals surface area (Å²) >= 11 is 0. The number of benzene rings is 1. The minimum absolute atomic E-state index is 0.0258. The van der Waals surface area contributed by atoms with Crippen LogP contribution in [0.25, 0.3) is 6.08 Å². The first-order valence-corrected chi connectivity index (χ1v) is 9.24. The van der Waals surface area contributed by atoms with E-state index >= 15 is 0 Å². The van der Waals surface area contributed by atoms with Crippen molar-refractivity contribution in [2.75, 3.05) is 13.1 Å². The molecular weight excluding hydrogens is 298 g/mol. The van der Waals surface area contributed by atoms with Crippen LogP contribution in [0.5, 0.6) is 5.75 Å². The maximum Gasteiger partial charge on any atom is 0.243 e. The highest BCUT2D eigenvalue weighted by atomic mass is 32.2. The third-order valence-electron chi connectivity index (χ3n) is 3.15. The number of nitrogens with zero attached hydrogens (tertiary/aromatic N) is 1. The molecule has 1 aromatic rings. The van der Waals surface area contributed by atoms with Gasteiger partial charge in [-0.3, -0.25) is 0 Å². The maximum absolute atomic E-state index is 12.8. The standard InChI is InChI=1S/C17H27NO3S/c1-6-11-18(12-7-2)22(19,20)16-9-10-17(21-14(4)5)15(8-3)13-16/h8-10,13-14H,3,6-7,11-12H2,1-2,4-5H3. The van der Waals surface area contributed by atoms with Crippen molar-refractivity contribution in [3.05, 3.63) is 30.3 Å². The lowest BCUT2D eigenvalue weighted by Gasteiger charge is -2.22. The van der Waals surface area contributed by atoms with Gasteiger partial charge in [-0.1, -0.05) is 26.5 Å². The zero-order valence-electron chi connectivity index (χ0n) is 14.0. The molecule has 1 rings (SSSR count). The second-order valence-electron chi connectivity index (χ2n) is 5.47. The Morgan fingerprint density at radius 1 is 1.23 bits per heavy atom. The summed E-state index contributed by atoms with van der Waals surface area (Å²) in [4.78, 5) is 0.292. The summed E-state index contributed by atoms with van der Waals surface area (Å²) in [6, 6.07) is 4.96. The van der Waals surface area contributed by atoms with E-state index in [1.54, 1.807) is 24.3 Å². The number of ether oxygens (including phenoxy) is 1. The van der Waals surface area contributed by atoms with E-state index < -0.39 is 10.0 Å². The molecule has 1 aromatic carbocycles. The molecule has 0 aromatic heterocycles. The lowest BCUT2D eigenvalue weighted by molar-refractivity contribution is 0.242. The molecule has 4 nitrogen and oxygen atoms in total. The molecule has 0 fully saturated rings. The van der Waals surface area contributed by atoms with Gasteiger partial charge in [0.25, 0.3) is 0 Å². The number of sulfonamides is 1. The van der Waals surface area contributed by atoms with Crippen molar-refractivity contribution >= 4 is 16.1 Å². The van der Waals surface area contributed by atoms with Gasteiger partial charge in [0, 0.05) is 18.7 Å². The predicted octanol–water partition coefficient (Wildman–Crippen LogP) is 3.93. The van der Waals surface area contributed by atoms with E-state index in [0.29, 0.717) is 29.3 Å². The number of hydrogen-bond acceptors (Lipinski definition) is 3. The monoisotopic (exact) mass is 325 g/mol. The summed E-state index contributed by atoms with van der Waals surface area (Å²) in [7, 11) is -3.47. The molecule has 0 spiro atoms. The lowest BCUT2D eigenvalue weighted by Crippen LogP contribution is -2.32. The van der Waals surface area contributed by atoms with E-state index in [2.05, 4.69) is 6.58 Å². The summed E-state index contributed by atoms with van der Waals surface area (Å²) in [5.74, 6) is 0.654. The Balaban J connectivity index is 3.21. The zero-order chi connectivity index (χ0) is 16.8. The minimum Gasteiger partial charge on any atom is -0.490 e. The van der Waals surface area contributed by atoms with Gasteiger partial charge in [-0.25, -0.2) is 8.42 Å². The molecule has 0 amide bonds. The average Bonchev–Trinajstić information content (AvgIpc) is 2.46. The van der Waals surface area contributed by atoms with Crippen molar-refractivity contribution < 1.29 is 13.2 Å². The van der Waals surface area contributed by atoms with E-state index in [1.807, 2.05) is 27.7 Å². The van der Waals surface area contributed by atoms with Crippen LogP contribution < -0.4 is 4.74 Å². The third kappa shape index (κ3) is 4.58. The van der Waals surface area contributed by atoms with Gasteiger partial charge >= 0.3 is 0 Å². The molecule has 0 unspecified atom stereocenters. The quantitative estimate of drug-likeness (QED) is 0.691. The van der Waals surface area contributed by atoms with Crippen LogP contribution in [0.4, 0.5) is 0 Å². The molecule has 0 aliphatic rings. The van der Waals surface area contributed by atoms with Crippen LogP contribution in [0.15, 0.2) is 29.7 Å². The van der Waals surface area contributed by atoms with Crippen molar-refractivity contribution in [2.45, 2.75) is 51.5 Å². The van der Waals surface area contributed by atoms with E-state index in [-0.39, 0.29) is 6.10 Å². The molecule has 5 heteroatoms. The normalized spacial score (nSPS) is 11.9. The van der Waals surface area contributed by atoms with Crippen LogP contribution in [-0.4, -0.2) is 31.9 Å². The fraction of sp³-hybridized carbons (Fsp3) is 0.529. The van der Waals surface area contributed by atoms with Gasteiger partial charge in [0.2, 0.25) is 10.0 Å². The summed E-state index contributed by atoms with van der Waals surface area (Å²) in [6.45, 7) is 12.6. The van der Waals surface area contributed by atoms with E-state index in [4.69, 9.17) is 4.74 Å². The molecular formula is C17H27NO3S. The molecule has 0 radical (unpaired) electrons. The first-order chi connectivity index (χ1) is 10.4. The highest BCUT2D eigenvalue weighted by Crippen LogP contribution is 2.26. The van der Waals surface area contributed by atoms with Crippen LogP contribution >= 0.6 is 0 Å². The highest BCUT2D eigenvalue weighted by molar-refractivity contribution is 7.89. The SMILES string of the molecule is C=Cc1cc(S(=O)(=O)N(CCC)CCC)ccc1OC(C)C. The van der Waals surface area contributed by atoms with E-state index in [9.17, 15) is 8.42 Å². The van der Waals surface area contributed by atoms with Crippen LogP contribution in [0.1, 0.15) is 46.1 Å². The minimum atomic E-state index is -3.47. The molecule has 124 valence electrons. The molecule has 0 atom stereocenters. The lowest BCUT2D eigenvalue weighted by atomic mass is 10.2. The molecule has 0 aliphatic heterocycles. The molecule has 0 N–H and O–H groups in total. The van der Waals surface area contributed by atoms with Gasteiger partial charge in [-0.2, -0.15) is 4.31 Å². The summed E-state index contributed by atoms with van der Waals surface area (Å²) in [5.41, 5.74) is 0.697. The third-order valence-corrected chi connectivity index (χ3v) is 5.04. The smallest absolute Gasteiger partial charge is 0.243 e. The van der Waals surface area contributed by atoms with Crippen LogP contribution in [0, 0.1) is 0 Å². The first kappa shape index (κ1) is 18.7. The van der Waals surface area contributed by atoms with Crippen molar-refractivity contribution in [1.29, 1.82) is 0 Å². The Bertz CT molecular complexity index is 588. The molecule has 22 heavy (non-hydrogen) atoms. The van der Waals surface area contributed by atoms with Gasteiger partial charge in [0.1, 0.15) is 5.75 Å². The van der Waals surface area contributed by atoms with E-state index in [1.165, 1.54) is 4.31 Å². The zero-order valence-corrected chi connectivity index (χ0v) is 14.8. The van der Waals surface area contributed by atoms with Crippen molar-refractivity contribution in [2.24, 2.45) is 0 Å². The van der Waals surface area contributed by atoms with Gasteiger partial charge in [0.05, 0.1) is 11.0 Å². The molecule has 0 heterocycles. The molecule has 0 saturated carbocycles. The highest BCUT2D eigenvalue weighted by Gasteiger charge is 2.23. The molecule has 0 aliphatic carbocycles. The largest absolute Gasteiger partial charge is 0.490 e. The molecule has 0 saturated heterocycles. The fourth-order valence-electron chi connectivity index (χ4n) is 2.21. The van der Waals surface area contributed by atoms with Crippen molar-refractivity contribution in [3.63, 3.8) is 0 Å². The topological polar surface area (TPSA) is 46.6 Å². The van der Waals surface area contributed by atoms with Crippen LogP contribution in [-0.2, 0) is 10.0 Å². The average molecular weight is 325 g/mol. The second-order valence-corrected chi connectivity index (χ2v) is 7.41. The van der Waals surface area contributed by atoms with Gasteiger partial charge < -0.3 is 4.74 Å². The maximum atomic E-state index is 12.8. The Hall–Kier alpha value is -1.33.